The van der Waals surface area contributed by atoms with Crippen molar-refractivity contribution in [1.29, 1.82) is 0 Å². The largest absolute Gasteiger partial charge is 0.352 e. The average Bonchev–Trinajstić information content (AvgIpc) is 3.14. The third-order valence-electron chi connectivity index (χ3n) is 6.24. The molecule has 0 spiro atoms. The van der Waals surface area contributed by atoms with Crippen molar-refractivity contribution >= 4 is 17.3 Å². The van der Waals surface area contributed by atoms with Gasteiger partial charge in [-0.1, -0.05) is 25.3 Å². The van der Waals surface area contributed by atoms with Crippen molar-refractivity contribution in [3.05, 3.63) is 53.1 Å². The van der Waals surface area contributed by atoms with Gasteiger partial charge in [0, 0.05) is 30.7 Å². The maximum absolute atomic E-state index is 5.84. The van der Waals surface area contributed by atoms with E-state index in [-0.39, 0.29) is 12.1 Å². The summed E-state index contributed by atoms with van der Waals surface area (Å²) < 4.78 is 2.28. The molecule has 4 rings (SSSR count). The van der Waals surface area contributed by atoms with Gasteiger partial charge in [-0.05, 0) is 62.7 Å². The molecule has 1 saturated heterocycles. The molecule has 0 unspecified atom stereocenters. The predicted molar refractivity (Wildman–Crippen MR) is 109 cm³/mol. The molecule has 2 aromatic heterocycles. The van der Waals surface area contributed by atoms with Crippen molar-refractivity contribution < 1.29 is 0 Å². The summed E-state index contributed by atoms with van der Waals surface area (Å²) in [5, 5.41) is 4.50. The standard InChI is InChI=1S/C21H28N4S/c1-14-13-17(15(2)24(14)3)20-19(18-11-7-8-12-22-18)23-21(26)25(20)16-9-5-4-6-10-16/h7-8,11-13,16,19-20H,4-6,9-10H2,1-3H3,(H,23,26)/t19-,20-/m1/s1. The van der Waals surface area contributed by atoms with E-state index in [0.717, 1.165) is 10.8 Å². The first-order valence-corrected chi connectivity index (χ1v) is 10.1. The van der Waals surface area contributed by atoms with E-state index in [0.29, 0.717) is 6.04 Å². The Morgan fingerprint density at radius 3 is 2.54 bits per heavy atom. The zero-order valence-electron chi connectivity index (χ0n) is 15.9. The molecule has 3 heterocycles. The molecular weight excluding hydrogens is 340 g/mol. The average molecular weight is 369 g/mol. The Hall–Kier alpha value is -1.88. The van der Waals surface area contributed by atoms with E-state index in [1.54, 1.807) is 0 Å². The van der Waals surface area contributed by atoms with Crippen LogP contribution in [0.5, 0.6) is 0 Å². The number of thiocarbonyl (C=S) groups is 1. The summed E-state index contributed by atoms with van der Waals surface area (Å²) in [6.07, 6.45) is 8.30. The van der Waals surface area contributed by atoms with Gasteiger partial charge in [-0.3, -0.25) is 4.98 Å². The SMILES string of the molecule is Cc1cc([C@@H]2[C@@H](c3ccccn3)NC(=S)N2C2CCCCC2)c(C)n1C. The van der Waals surface area contributed by atoms with Crippen LogP contribution in [0.3, 0.4) is 0 Å². The van der Waals surface area contributed by atoms with E-state index in [9.17, 15) is 0 Å². The highest BCUT2D eigenvalue weighted by molar-refractivity contribution is 7.80. The fourth-order valence-electron chi connectivity index (χ4n) is 4.63. The van der Waals surface area contributed by atoms with Crippen LogP contribution in [-0.4, -0.2) is 25.6 Å². The summed E-state index contributed by atoms with van der Waals surface area (Å²) in [4.78, 5) is 7.15. The van der Waals surface area contributed by atoms with E-state index in [2.05, 4.69) is 58.9 Å². The second-order valence-electron chi connectivity index (χ2n) is 7.71. The zero-order chi connectivity index (χ0) is 18.3. The van der Waals surface area contributed by atoms with Gasteiger partial charge in [-0.2, -0.15) is 0 Å². The van der Waals surface area contributed by atoms with Crippen molar-refractivity contribution in [3.63, 3.8) is 0 Å². The fraction of sp³-hybridized carbons (Fsp3) is 0.524. The van der Waals surface area contributed by atoms with Crippen LogP contribution < -0.4 is 5.32 Å². The van der Waals surface area contributed by atoms with Crippen LogP contribution in [0.15, 0.2) is 30.5 Å². The van der Waals surface area contributed by atoms with E-state index in [1.165, 1.54) is 49.1 Å². The monoisotopic (exact) mass is 368 g/mol. The van der Waals surface area contributed by atoms with Gasteiger partial charge in [0.25, 0.3) is 0 Å². The highest BCUT2D eigenvalue weighted by Gasteiger charge is 2.44. The van der Waals surface area contributed by atoms with Gasteiger partial charge in [0.1, 0.15) is 0 Å². The molecule has 0 bridgehead atoms. The molecule has 1 N–H and O–H groups in total. The summed E-state index contributed by atoms with van der Waals surface area (Å²) in [5.41, 5.74) is 5.05. The van der Waals surface area contributed by atoms with Gasteiger partial charge in [0.2, 0.25) is 0 Å². The van der Waals surface area contributed by atoms with E-state index < -0.39 is 0 Å². The second kappa shape index (κ2) is 7.03. The topological polar surface area (TPSA) is 33.1 Å². The Balaban J connectivity index is 1.79. The van der Waals surface area contributed by atoms with Crippen LogP contribution in [0.4, 0.5) is 0 Å². The molecule has 1 saturated carbocycles. The molecule has 2 atom stereocenters. The Bertz CT molecular complexity index is 792. The fourth-order valence-corrected chi connectivity index (χ4v) is 5.02. The highest BCUT2D eigenvalue weighted by Crippen LogP contribution is 2.43. The lowest BCUT2D eigenvalue weighted by atomic mass is 9.90. The normalized spacial score (nSPS) is 24.1. The molecular formula is C21H28N4S. The lowest BCUT2D eigenvalue weighted by Gasteiger charge is -2.37. The first-order valence-electron chi connectivity index (χ1n) is 9.70. The highest BCUT2D eigenvalue weighted by atomic mass is 32.1. The molecule has 26 heavy (non-hydrogen) atoms. The number of nitrogens with zero attached hydrogens (tertiary/aromatic N) is 3. The van der Waals surface area contributed by atoms with Crippen LogP contribution >= 0.6 is 12.2 Å². The molecule has 138 valence electrons. The van der Waals surface area contributed by atoms with E-state index >= 15 is 0 Å². The minimum Gasteiger partial charge on any atom is -0.352 e. The van der Waals surface area contributed by atoms with Gasteiger partial charge >= 0.3 is 0 Å². The zero-order valence-corrected chi connectivity index (χ0v) is 16.7. The van der Waals surface area contributed by atoms with Gasteiger partial charge in [-0.25, -0.2) is 0 Å². The number of aryl methyl sites for hydroxylation is 1. The molecule has 2 fully saturated rings. The van der Waals surface area contributed by atoms with Gasteiger partial charge in [0.15, 0.2) is 5.11 Å². The second-order valence-corrected chi connectivity index (χ2v) is 8.10. The third kappa shape index (κ3) is 2.92. The number of nitrogens with one attached hydrogen (secondary N) is 1. The van der Waals surface area contributed by atoms with Crippen LogP contribution in [0.1, 0.15) is 66.8 Å². The number of rotatable bonds is 3. The maximum atomic E-state index is 5.84. The smallest absolute Gasteiger partial charge is 0.170 e. The van der Waals surface area contributed by atoms with Crippen LogP contribution in [0.2, 0.25) is 0 Å². The molecule has 2 aliphatic rings. The number of hydrogen-bond donors (Lipinski definition) is 1. The number of hydrogen-bond acceptors (Lipinski definition) is 2. The van der Waals surface area contributed by atoms with Crippen LogP contribution in [0.25, 0.3) is 0 Å². The molecule has 1 aliphatic heterocycles. The van der Waals surface area contributed by atoms with Crippen molar-refractivity contribution in [3.8, 4) is 0 Å². The molecule has 0 radical (unpaired) electrons. The Labute approximate surface area is 161 Å². The Morgan fingerprint density at radius 1 is 1.15 bits per heavy atom. The van der Waals surface area contributed by atoms with Crippen molar-refractivity contribution in [2.45, 2.75) is 64.1 Å². The predicted octanol–water partition coefficient (Wildman–Crippen LogP) is 4.34. The molecule has 0 amide bonds. The van der Waals surface area contributed by atoms with E-state index in [1.807, 2.05) is 12.3 Å². The van der Waals surface area contributed by atoms with Crippen molar-refractivity contribution in [2.24, 2.45) is 7.05 Å². The Kier molecular flexibility index (Phi) is 4.74. The summed E-state index contributed by atoms with van der Waals surface area (Å²) >= 11 is 5.84. The van der Waals surface area contributed by atoms with E-state index in [4.69, 9.17) is 12.2 Å². The minimum atomic E-state index is 0.103. The van der Waals surface area contributed by atoms with Gasteiger partial charge in [-0.15, -0.1) is 0 Å². The first-order chi connectivity index (χ1) is 12.6. The van der Waals surface area contributed by atoms with Crippen molar-refractivity contribution in [2.75, 3.05) is 0 Å². The number of pyridine rings is 1. The van der Waals surface area contributed by atoms with Crippen LogP contribution in [0, 0.1) is 13.8 Å². The summed E-state index contributed by atoms with van der Waals surface area (Å²) in [7, 11) is 2.15. The molecule has 1 aliphatic carbocycles. The third-order valence-corrected chi connectivity index (χ3v) is 6.57. The lowest BCUT2D eigenvalue weighted by Crippen LogP contribution is -2.40. The molecule has 4 nitrogen and oxygen atoms in total. The van der Waals surface area contributed by atoms with Gasteiger partial charge < -0.3 is 14.8 Å². The summed E-state index contributed by atoms with van der Waals surface area (Å²) in [6, 6.07) is 9.33. The number of aromatic nitrogens is 2. The minimum absolute atomic E-state index is 0.103. The lowest BCUT2D eigenvalue weighted by molar-refractivity contribution is 0.196. The van der Waals surface area contributed by atoms with Crippen molar-refractivity contribution in [1.82, 2.24) is 19.8 Å². The Morgan fingerprint density at radius 2 is 1.92 bits per heavy atom. The first kappa shape index (κ1) is 17.5. The molecule has 0 aromatic carbocycles. The maximum Gasteiger partial charge on any atom is 0.170 e. The summed E-state index contributed by atoms with van der Waals surface area (Å²) in [5.74, 6) is 0. The summed E-state index contributed by atoms with van der Waals surface area (Å²) in [6.45, 7) is 4.40. The molecule has 2 aromatic rings. The molecule has 5 heteroatoms. The van der Waals surface area contributed by atoms with Crippen LogP contribution in [-0.2, 0) is 7.05 Å². The quantitative estimate of drug-likeness (QED) is 0.817. The van der Waals surface area contributed by atoms with Gasteiger partial charge in [0.05, 0.1) is 17.8 Å².